The van der Waals surface area contributed by atoms with E-state index in [0.717, 1.165) is 15.5 Å². The number of piperidine rings is 1. The van der Waals surface area contributed by atoms with Crippen LogP contribution in [0.5, 0.6) is 0 Å². The van der Waals surface area contributed by atoms with Crippen molar-refractivity contribution in [3.05, 3.63) is 30.3 Å². The molecule has 1 aromatic rings. The van der Waals surface area contributed by atoms with Gasteiger partial charge in [-0.2, -0.15) is 0 Å². The molecule has 4 rings (SSSR count). The maximum absolute atomic E-state index is 13.0. The highest BCUT2D eigenvalue weighted by Crippen LogP contribution is 2.26. The third kappa shape index (κ3) is 4.04. The average Bonchev–Trinajstić information content (AvgIpc) is 3.16. The average molecular weight is 444 g/mol. The lowest BCUT2D eigenvalue weighted by molar-refractivity contribution is -0.544. The number of amides is 4. The molecule has 10 heteroatoms. The largest absolute Gasteiger partial charge is 0.392 e. The van der Waals surface area contributed by atoms with Crippen molar-refractivity contribution in [3.8, 4) is 0 Å². The van der Waals surface area contributed by atoms with E-state index in [-0.39, 0.29) is 23.8 Å². The van der Waals surface area contributed by atoms with E-state index in [0.29, 0.717) is 44.3 Å². The predicted octanol–water partition coefficient (Wildman–Crippen LogP) is 0.649. The lowest BCUT2D eigenvalue weighted by Crippen LogP contribution is -2.63. The van der Waals surface area contributed by atoms with E-state index in [9.17, 15) is 14.4 Å². The number of imide groups is 1. The maximum Gasteiger partial charge on any atom is 0.392 e. The molecule has 31 heavy (non-hydrogen) atoms. The molecule has 3 heterocycles. The van der Waals surface area contributed by atoms with Crippen molar-refractivity contribution in [2.45, 2.75) is 23.8 Å². The molecule has 2 fully saturated rings. The van der Waals surface area contributed by atoms with Gasteiger partial charge in [0, 0.05) is 30.7 Å². The standard InChI is InChI=1S/C21H26N6O3S/c1-24-18-16(19(29)25(2)21(24)30)27(12-13-31-15-6-4-3-5-7-15)20(23-18)26-10-8-14(9-11-26)17(22)28/h3-7,14,16H,8-13H2,1-2H3,(H-,22,28)/p+1. The fraction of sp³-hybridized carbons (Fsp3) is 0.476. The molecule has 0 aliphatic carbocycles. The summed E-state index contributed by atoms with van der Waals surface area (Å²) in [6, 6.07) is 9.10. The van der Waals surface area contributed by atoms with E-state index in [1.165, 1.54) is 11.9 Å². The van der Waals surface area contributed by atoms with Gasteiger partial charge < -0.3 is 5.73 Å². The zero-order chi connectivity index (χ0) is 22.1. The van der Waals surface area contributed by atoms with Crippen LogP contribution in [0.1, 0.15) is 12.8 Å². The summed E-state index contributed by atoms with van der Waals surface area (Å²) in [5, 5.41) is 0. The second-order valence-electron chi connectivity index (χ2n) is 7.93. The Balaban J connectivity index is 1.60. The van der Waals surface area contributed by atoms with Crippen LogP contribution < -0.4 is 5.73 Å². The monoisotopic (exact) mass is 443 g/mol. The first-order chi connectivity index (χ1) is 14.9. The smallest absolute Gasteiger partial charge is 0.369 e. The van der Waals surface area contributed by atoms with Crippen LogP contribution in [0, 0.1) is 5.92 Å². The summed E-state index contributed by atoms with van der Waals surface area (Å²) >= 11 is 1.71. The molecule has 1 aromatic carbocycles. The molecule has 1 atom stereocenters. The summed E-state index contributed by atoms with van der Waals surface area (Å²) in [5.41, 5.74) is 5.48. The van der Waals surface area contributed by atoms with Crippen LogP contribution in [-0.2, 0) is 9.59 Å². The molecule has 0 bridgehead atoms. The Hall–Kier alpha value is -2.88. The first-order valence-corrected chi connectivity index (χ1v) is 11.4. The molecule has 0 aromatic heterocycles. The van der Waals surface area contributed by atoms with Crippen LogP contribution in [0.15, 0.2) is 40.2 Å². The van der Waals surface area contributed by atoms with Gasteiger partial charge in [0.05, 0.1) is 19.6 Å². The second-order valence-corrected chi connectivity index (χ2v) is 9.10. The number of carbonyl (C=O) groups is 3. The van der Waals surface area contributed by atoms with E-state index >= 15 is 0 Å². The van der Waals surface area contributed by atoms with Crippen molar-refractivity contribution >= 4 is 41.4 Å². The minimum absolute atomic E-state index is 0.132. The summed E-state index contributed by atoms with van der Waals surface area (Å²) < 4.78 is 2.10. The van der Waals surface area contributed by atoms with Gasteiger partial charge in [-0.05, 0) is 25.0 Å². The third-order valence-corrected chi connectivity index (χ3v) is 7.03. The van der Waals surface area contributed by atoms with Crippen molar-refractivity contribution in [3.63, 3.8) is 0 Å². The summed E-state index contributed by atoms with van der Waals surface area (Å²) in [5.74, 6) is 1.25. The number of fused-ring (bicyclic) bond motifs is 1. The summed E-state index contributed by atoms with van der Waals surface area (Å²) in [4.78, 5) is 47.5. The molecule has 0 saturated carbocycles. The molecule has 3 aliphatic rings. The molecule has 1 unspecified atom stereocenters. The molecule has 164 valence electrons. The quantitative estimate of drug-likeness (QED) is 0.532. The van der Waals surface area contributed by atoms with Crippen LogP contribution in [0.4, 0.5) is 4.79 Å². The predicted molar refractivity (Wildman–Crippen MR) is 118 cm³/mol. The Kier molecular flexibility index (Phi) is 5.99. The van der Waals surface area contributed by atoms with Crippen LogP contribution in [0.25, 0.3) is 0 Å². The number of hydrogen-bond acceptors (Lipinski definition) is 4. The van der Waals surface area contributed by atoms with Gasteiger partial charge in [0.25, 0.3) is 5.91 Å². The van der Waals surface area contributed by atoms with Crippen molar-refractivity contribution in [1.29, 1.82) is 0 Å². The molecule has 9 nitrogen and oxygen atoms in total. The summed E-state index contributed by atoms with van der Waals surface area (Å²) in [6.45, 7) is 1.87. The van der Waals surface area contributed by atoms with Gasteiger partial charge in [-0.1, -0.05) is 23.2 Å². The van der Waals surface area contributed by atoms with Crippen molar-refractivity contribution in [2.75, 3.05) is 39.5 Å². The van der Waals surface area contributed by atoms with E-state index in [1.807, 2.05) is 23.1 Å². The first kappa shape index (κ1) is 21.4. The van der Waals surface area contributed by atoms with Gasteiger partial charge in [-0.3, -0.25) is 24.0 Å². The number of primary amides is 1. The fourth-order valence-corrected chi connectivity index (χ4v) is 5.08. The van der Waals surface area contributed by atoms with Crippen LogP contribution in [0.3, 0.4) is 0 Å². The zero-order valence-electron chi connectivity index (χ0n) is 17.7. The van der Waals surface area contributed by atoms with Crippen molar-refractivity contribution < 1.29 is 19.0 Å². The lowest BCUT2D eigenvalue weighted by atomic mass is 9.97. The van der Waals surface area contributed by atoms with Gasteiger partial charge in [0.1, 0.15) is 0 Å². The van der Waals surface area contributed by atoms with Gasteiger partial charge >= 0.3 is 12.0 Å². The van der Waals surface area contributed by atoms with E-state index in [4.69, 9.17) is 10.7 Å². The topological polar surface area (TPSA) is 102 Å². The molecule has 0 spiro atoms. The molecule has 2 N–H and O–H groups in total. The zero-order valence-corrected chi connectivity index (χ0v) is 18.5. The number of nitrogens with zero attached hydrogens (tertiary/aromatic N) is 5. The number of hydrogen-bond donors (Lipinski definition) is 1. The Morgan fingerprint density at radius 3 is 2.48 bits per heavy atom. The lowest BCUT2D eigenvalue weighted by Gasteiger charge is -2.33. The van der Waals surface area contributed by atoms with E-state index < -0.39 is 6.04 Å². The molecular weight excluding hydrogens is 416 g/mol. The molecular formula is C21H27N6O3S+. The number of benzene rings is 1. The molecule has 2 saturated heterocycles. The van der Waals surface area contributed by atoms with Crippen molar-refractivity contribution in [1.82, 2.24) is 14.7 Å². The molecule has 3 aliphatic heterocycles. The Morgan fingerprint density at radius 2 is 1.84 bits per heavy atom. The summed E-state index contributed by atoms with van der Waals surface area (Å²) in [7, 11) is 3.15. The molecule has 0 radical (unpaired) electrons. The van der Waals surface area contributed by atoms with Crippen LogP contribution >= 0.6 is 11.8 Å². The second kappa shape index (κ2) is 8.70. The number of urea groups is 1. The minimum atomic E-state index is -0.618. The number of carbonyl (C=O) groups excluding carboxylic acids is 3. The van der Waals surface area contributed by atoms with E-state index in [1.54, 1.807) is 18.8 Å². The van der Waals surface area contributed by atoms with Gasteiger partial charge in [-0.15, -0.1) is 11.8 Å². The number of amidine groups is 1. The minimum Gasteiger partial charge on any atom is -0.369 e. The van der Waals surface area contributed by atoms with Crippen LogP contribution in [-0.4, -0.2) is 94.4 Å². The number of thioether (sulfide) groups is 1. The van der Waals surface area contributed by atoms with Crippen molar-refractivity contribution in [2.24, 2.45) is 16.6 Å². The summed E-state index contributed by atoms with van der Waals surface area (Å²) in [6.07, 6.45) is 1.31. The highest BCUT2D eigenvalue weighted by molar-refractivity contribution is 7.99. The fourth-order valence-electron chi connectivity index (χ4n) is 4.21. The number of nitrogens with two attached hydrogens (primary N) is 1. The highest BCUT2D eigenvalue weighted by Gasteiger charge is 2.55. The molecule has 4 amide bonds. The Bertz CT molecular complexity index is 953. The SMILES string of the molecule is CN1C(=O)C2C(=NC(=[N+]3CCC(C(N)=O)CC3)N2CCSc2ccccc2)N(C)C1=O. The Labute approximate surface area is 185 Å². The highest BCUT2D eigenvalue weighted by atomic mass is 32.2. The number of aliphatic imine (C=N–C) groups is 1. The van der Waals surface area contributed by atoms with Gasteiger partial charge in [-0.25, -0.2) is 9.69 Å². The van der Waals surface area contributed by atoms with E-state index in [2.05, 4.69) is 16.7 Å². The number of rotatable bonds is 5. The third-order valence-electron chi connectivity index (χ3n) is 6.03. The first-order valence-electron chi connectivity index (χ1n) is 10.4. The number of likely N-dealkylation sites (N-methyl/N-ethyl adjacent to an activating group) is 2. The van der Waals surface area contributed by atoms with Gasteiger partial charge in [0.2, 0.25) is 17.8 Å². The number of guanidine groups is 1. The normalized spacial score (nSPS) is 23.9. The maximum atomic E-state index is 13.0. The van der Waals surface area contributed by atoms with Crippen LogP contribution in [0.2, 0.25) is 0 Å². The van der Waals surface area contributed by atoms with Gasteiger partial charge in [0.15, 0.2) is 0 Å². The Morgan fingerprint density at radius 1 is 1.16 bits per heavy atom.